The maximum absolute atomic E-state index is 11.9. The molecule has 2 rings (SSSR count). The third-order valence-corrected chi connectivity index (χ3v) is 2.82. The van der Waals surface area contributed by atoms with Crippen LogP contribution in [0.5, 0.6) is 0 Å². The lowest BCUT2D eigenvalue weighted by Crippen LogP contribution is -2.38. The van der Waals surface area contributed by atoms with Gasteiger partial charge in [-0.1, -0.05) is 0 Å². The average molecular weight is 260 g/mol. The van der Waals surface area contributed by atoms with Gasteiger partial charge in [0.1, 0.15) is 11.4 Å². The Morgan fingerprint density at radius 3 is 2.84 bits per heavy atom. The Hall–Kier alpha value is -2.14. The molecule has 5 heteroatoms. The number of carbonyl (C=O) groups excluding carboxylic acids is 1. The van der Waals surface area contributed by atoms with Crippen LogP contribution in [0.1, 0.15) is 28.7 Å². The van der Waals surface area contributed by atoms with E-state index in [0.29, 0.717) is 11.3 Å². The van der Waals surface area contributed by atoms with Crippen molar-refractivity contribution in [2.24, 2.45) is 0 Å². The summed E-state index contributed by atoms with van der Waals surface area (Å²) in [7, 11) is 0. The SMILES string of the molecule is Cc1ccc(C(=O)NCC(C)(O)c2ccco2)cn1. The first kappa shape index (κ1) is 13.3. The molecule has 5 nitrogen and oxygen atoms in total. The van der Waals surface area contributed by atoms with Gasteiger partial charge in [0.15, 0.2) is 0 Å². The Bertz CT molecular complexity index is 545. The molecule has 0 saturated heterocycles. The molecular formula is C14H16N2O3. The lowest BCUT2D eigenvalue weighted by atomic mass is 10.0. The smallest absolute Gasteiger partial charge is 0.252 e. The number of hydrogen-bond acceptors (Lipinski definition) is 4. The van der Waals surface area contributed by atoms with Crippen LogP contribution in [-0.2, 0) is 5.60 Å². The molecule has 1 amide bonds. The van der Waals surface area contributed by atoms with Crippen LogP contribution < -0.4 is 5.32 Å². The number of aromatic nitrogens is 1. The Kier molecular flexibility index (Phi) is 3.66. The summed E-state index contributed by atoms with van der Waals surface area (Å²) in [6.07, 6.45) is 2.99. The highest BCUT2D eigenvalue weighted by Gasteiger charge is 2.26. The number of pyridine rings is 1. The van der Waals surface area contributed by atoms with Gasteiger partial charge >= 0.3 is 0 Å². The number of hydrogen-bond donors (Lipinski definition) is 2. The van der Waals surface area contributed by atoms with Crippen LogP contribution in [0.15, 0.2) is 41.1 Å². The summed E-state index contributed by atoms with van der Waals surface area (Å²) < 4.78 is 5.14. The van der Waals surface area contributed by atoms with E-state index in [2.05, 4.69) is 10.3 Å². The predicted molar refractivity (Wildman–Crippen MR) is 69.6 cm³/mol. The van der Waals surface area contributed by atoms with Crippen LogP contribution in [0.2, 0.25) is 0 Å². The van der Waals surface area contributed by atoms with Crippen LogP contribution in [0.25, 0.3) is 0 Å². The maximum Gasteiger partial charge on any atom is 0.252 e. The molecule has 0 fully saturated rings. The van der Waals surface area contributed by atoms with E-state index in [1.807, 2.05) is 6.92 Å². The minimum Gasteiger partial charge on any atom is -0.466 e. The summed E-state index contributed by atoms with van der Waals surface area (Å²) in [6, 6.07) is 6.81. The lowest BCUT2D eigenvalue weighted by Gasteiger charge is -2.21. The number of aryl methyl sites for hydroxylation is 1. The third kappa shape index (κ3) is 3.20. The molecule has 0 saturated carbocycles. The summed E-state index contributed by atoms with van der Waals surface area (Å²) in [6.45, 7) is 3.50. The van der Waals surface area contributed by atoms with E-state index in [4.69, 9.17) is 4.42 Å². The second-order valence-electron chi connectivity index (χ2n) is 4.62. The minimum atomic E-state index is -1.24. The number of carbonyl (C=O) groups is 1. The second kappa shape index (κ2) is 5.24. The maximum atomic E-state index is 11.9. The Morgan fingerprint density at radius 1 is 1.47 bits per heavy atom. The molecule has 2 aromatic heterocycles. The van der Waals surface area contributed by atoms with Gasteiger partial charge < -0.3 is 14.8 Å². The van der Waals surface area contributed by atoms with Crippen molar-refractivity contribution < 1.29 is 14.3 Å². The standard InChI is InChI=1S/C14H16N2O3/c1-10-5-6-11(8-15-10)13(17)16-9-14(2,18)12-4-3-7-19-12/h3-8,18H,9H2,1-2H3,(H,16,17). The van der Waals surface area contributed by atoms with Crippen molar-refractivity contribution in [1.82, 2.24) is 10.3 Å². The van der Waals surface area contributed by atoms with Crippen molar-refractivity contribution >= 4 is 5.91 Å². The molecule has 0 aromatic carbocycles. The van der Waals surface area contributed by atoms with E-state index in [1.54, 1.807) is 31.2 Å². The highest BCUT2D eigenvalue weighted by Crippen LogP contribution is 2.19. The van der Waals surface area contributed by atoms with Gasteiger partial charge in [0.25, 0.3) is 5.91 Å². The summed E-state index contributed by atoms with van der Waals surface area (Å²) >= 11 is 0. The first-order valence-electron chi connectivity index (χ1n) is 5.96. The van der Waals surface area contributed by atoms with Crippen LogP contribution in [-0.4, -0.2) is 22.5 Å². The van der Waals surface area contributed by atoms with Gasteiger partial charge in [-0.15, -0.1) is 0 Å². The number of furan rings is 1. The van der Waals surface area contributed by atoms with Gasteiger partial charge in [-0.25, -0.2) is 0 Å². The molecule has 1 atom stereocenters. The fourth-order valence-corrected chi connectivity index (χ4v) is 1.63. The number of nitrogens with zero attached hydrogens (tertiary/aromatic N) is 1. The molecule has 0 bridgehead atoms. The predicted octanol–water partition coefficient (Wildman–Crippen LogP) is 1.62. The summed E-state index contributed by atoms with van der Waals surface area (Å²) in [5.74, 6) is 0.133. The van der Waals surface area contributed by atoms with Crippen molar-refractivity contribution in [3.05, 3.63) is 53.7 Å². The van der Waals surface area contributed by atoms with E-state index < -0.39 is 5.60 Å². The van der Waals surface area contributed by atoms with Crippen molar-refractivity contribution in [3.8, 4) is 0 Å². The van der Waals surface area contributed by atoms with Crippen molar-refractivity contribution in [3.63, 3.8) is 0 Å². The van der Waals surface area contributed by atoms with E-state index in [9.17, 15) is 9.90 Å². The quantitative estimate of drug-likeness (QED) is 0.876. The first-order chi connectivity index (χ1) is 8.99. The number of rotatable bonds is 4. The van der Waals surface area contributed by atoms with Crippen LogP contribution >= 0.6 is 0 Å². The minimum absolute atomic E-state index is 0.0627. The van der Waals surface area contributed by atoms with Crippen molar-refractivity contribution in [2.75, 3.05) is 6.54 Å². The summed E-state index contributed by atoms with van der Waals surface area (Å²) in [4.78, 5) is 15.9. The molecule has 0 radical (unpaired) electrons. The number of aliphatic hydroxyl groups is 1. The zero-order valence-corrected chi connectivity index (χ0v) is 10.9. The summed E-state index contributed by atoms with van der Waals surface area (Å²) in [5.41, 5.74) is 0.0667. The topological polar surface area (TPSA) is 75.4 Å². The van der Waals surface area contributed by atoms with Crippen LogP contribution in [0, 0.1) is 6.92 Å². The van der Waals surface area contributed by atoms with Crippen molar-refractivity contribution in [1.29, 1.82) is 0 Å². The molecule has 2 heterocycles. The Balaban J connectivity index is 1.99. The highest BCUT2D eigenvalue weighted by molar-refractivity contribution is 5.93. The summed E-state index contributed by atoms with van der Waals surface area (Å²) in [5, 5.41) is 12.8. The highest BCUT2D eigenvalue weighted by atomic mass is 16.4. The first-order valence-corrected chi connectivity index (χ1v) is 5.96. The second-order valence-corrected chi connectivity index (χ2v) is 4.62. The molecule has 0 aliphatic heterocycles. The van der Waals surface area contributed by atoms with Gasteiger partial charge in [-0.2, -0.15) is 0 Å². The van der Waals surface area contributed by atoms with E-state index in [-0.39, 0.29) is 12.5 Å². The molecule has 100 valence electrons. The molecule has 0 aliphatic carbocycles. The molecule has 1 unspecified atom stereocenters. The van der Waals surface area contributed by atoms with Crippen LogP contribution in [0.4, 0.5) is 0 Å². The Morgan fingerprint density at radius 2 is 2.26 bits per heavy atom. The zero-order chi connectivity index (χ0) is 13.9. The largest absolute Gasteiger partial charge is 0.466 e. The van der Waals surface area contributed by atoms with E-state index in [1.165, 1.54) is 12.5 Å². The molecule has 2 N–H and O–H groups in total. The Labute approximate surface area is 111 Å². The van der Waals surface area contributed by atoms with Gasteiger partial charge in [0.2, 0.25) is 0 Å². The van der Waals surface area contributed by atoms with Crippen LogP contribution in [0.3, 0.4) is 0 Å². The fraction of sp³-hybridized carbons (Fsp3) is 0.286. The molecule has 0 aliphatic rings. The van der Waals surface area contributed by atoms with E-state index >= 15 is 0 Å². The normalized spacial score (nSPS) is 13.8. The lowest BCUT2D eigenvalue weighted by molar-refractivity contribution is 0.0330. The fourth-order valence-electron chi connectivity index (χ4n) is 1.63. The molecular weight excluding hydrogens is 244 g/mol. The number of nitrogens with one attached hydrogen (secondary N) is 1. The van der Waals surface area contributed by atoms with Gasteiger partial charge in [0.05, 0.1) is 18.4 Å². The third-order valence-electron chi connectivity index (χ3n) is 2.82. The van der Waals surface area contributed by atoms with Gasteiger partial charge in [-0.05, 0) is 38.1 Å². The monoisotopic (exact) mass is 260 g/mol. The van der Waals surface area contributed by atoms with E-state index in [0.717, 1.165) is 5.69 Å². The molecule has 2 aromatic rings. The van der Waals surface area contributed by atoms with Crippen molar-refractivity contribution in [2.45, 2.75) is 19.4 Å². The zero-order valence-electron chi connectivity index (χ0n) is 10.9. The van der Waals surface area contributed by atoms with Gasteiger partial charge in [0, 0.05) is 11.9 Å². The number of amides is 1. The molecule has 0 spiro atoms. The van der Waals surface area contributed by atoms with Gasteiger partial charge in [-0.3, -0.25) is 9.78 Å². The molecule has 19 heavy (non-hydrogen) atoms. The average Bonchev–Trinajstić information content (AvgIpc) is 2.91.